The molecule has 0 aromatic carbocycles. The third kappa shape index (κ3) is 7.25. The van der Waals surface area contributed by atoms with Crippen molar-refractivity contribution in [1.29, 1.82) is 0 Å². The quantitative estimate of drug-likeness (QED) is 0.157. The zero-order valence-corrected chi connectivity index (χ0v) is 33.0. The maximum atomic E-state index is 14.7. The molecule has 4 aliphatic rings. The number of carboxylic acids is 1. The van der Waals surface area contributed by atoms with E-state index in [2.05, 4.69) is 87.6 Å². The maximum absolute atomic E-state index is 14.7. The van der Waals surface area contributed by atoms with E-state index in [1.807, 2.05) is 6.08 Å². The molecule has 6 nitrogen and oxygen atoms in total. The van der Waals surface area contributed by atoms with Gasteiger partial charge in [0.1, 0.15) is 6.04 Å². The van der Waals surface area contributed by atoms with Gasteiger partial charge < -0.3 is 15.5 Å². The highest BCUT2D eigenvalue weighted by atomic mass is 16.4. The highest BCUT2D eigenvalue weighted by molar-refractivity contribution is 5.95. The fourth-order valence-electron chi connectivity index (χ4n) is 11.6. The molecule has 278 valence electrons. The average Bonchev–Trinajstić information content (AvgIpc) is 3.10. The third-order valence-electron chi connectivity index (χ3n) is 15.9. The molecular formula is C43H71NO5. The molecule has 0 radical (unpaired) electrons. The molecule has 0 bridgehead atoms. The fraction of sp³-hybridized carbons (Fsp3) is 0.837. The standard InChI is InChI=1S/C43H71NO5/c1-12-43(13-2)32(24-35(46)36(40(43,8)9)42(11)21-19-34(45)28(4)22-29(42)5)26-41(10)25-31(18-20-39(41,6)7)37(47)44-33(38(48)49)23-30-17-15-14-16-27(30)3/h17,24,27-29,31,33-34,36,45H,12-16,18-23,25-26H2,1-11H3,(H,44,47)(H,48,49). The van der Waals surface area contributed by atoms with Gasteiger partial charge in [-0.2, -0.15) is 0 Å². The molecule has 0 aromatic rings. The van der Waals surface area contributed by atoms with Crippen LogP contribution in [0.4, 0.5) is 0 Å². The smallest absolute Gasteiger partial charge is 0.326 e. The van der Waals surface area contributed by atoms with E-state index in [1.165, 1.54) is 5.57 Å². The predicted molar refractivity (Wildman–Crippen MR) is 199 cm³/mol. The Bertz CT molecular complexity index is 1300. The Morgan fingerprint density at radius 1 is 0.980 bits per heavy atom. The number of aliphatic hydroxyl groups excluding tert-OH is 1. The Labute approximate surface area is 298 Å². The van der Waals surface area contributed by atoms with Crippen LogP contribution < -0.4 is 5.32 Å². The van der Waals surface area contributed by atoms with Gasteiger partial charge in [0.15, 0.2) is 5.78 Å². The summed E-state index contributed by atoms with van der Waals surface area (Å²) in [7, 11) is 0. The summed E-state index contributed by atoms with van der Waals surface area (Å²) < 4.78 is 0. The van der Waals surface area contributed by atoms with Crippen LogP contribution >= 0.6 is 0 Å². The summed E-state index contributed by atoms with van der Waals surface area (Å²) in [5.74, 6) is -0.395. The van der Waals surface area contributed by atoms with Gasteiger partial charge in [0.2, 0.25) is 5.91 Å². The zero-order chi connectivity index (χ0) is 36.7. The van der Waals surface area contributed by atoms with Crippen molar-refractivity contribution in [2.24, 2.45) is 56.7 Å². The first kappa shape index (κ1) is 39.8. The molecular weight excluding hydrogens is 610 g/mol. The van der Waals surface area contributed by atoms with Crippen molar-refractivity contribution in [3.05, 3.63) is 23.3 Å². The van der Waals surface area contributed by atoms with Crippen LogP contribution in [0.25, 0.3) is 0 Å². The summed E-state index contributed by atoms with van der Waals surface area (Å²) in [6.45, 7) is 25.1. The number of hydrogen-bond acceptors (Lipinski definition) is 4. The number of allylic oxidation sites excluding steroid dienone is 3. The van der Waals surface area contributed by atoms with Gasteiger partial charge in [0, 0.05) is 11.8 Å². The van der Waals surface area contributed by atoms with Crippen LogP contribution in [0, 0.1) is 56.7 Å². The second kappa shape index (κ2) is 14.6. The lowest BCUT2D eigenvalue weighted by Crippen LogP contribution is -2.57. The summed E-state index contributed by atoms with van der Waals surface area (Å²) in [6.07, 6.45) is 14.8. The molecule has 1 amide bonds. The summed E-state index contributed by atoms with van der Waals surface area (Å²) in [6, 6.07) is -0.915. The number of aliphatic carboxylic acids is 1. The number of ketones is 1. The van der Waals surface area contributed by atoms with Crippen LogP contribution in [-0.4, -0.2) is 40.0 Å². The van der Waals surface area contributed by atoms with Crippen LogP contribution in [0.2, 0.25) is 0 Å². The van der Waals surface area contributed by atoms with Crippen LogP contribution in [0.1, 0.15) is 160 Å². The first-order valence-corrected chi connectivity index (χ1v) is 19.8. The largest absolute Gasteiger partial charge is 0.480 e. The molecule has 9 atom stereocenters. The topological polar surface area (TPSA) is 104 Å². The maximum Gasteiger partial charge on any atom is 0.326 e. The van der Waals surface area contributed by atoms with Gasteiger partial charge in [-0.05, 0) is 134 Å². The fourth-order valence-corrected chi connectivity index (χ4v) is 11.6. The van der Waals surface area contributed by atoms with Gasteiger partial charge in [0.05, 0.1) is 6.10 Å². The Hall–Kier alpha value is -1.95. The van der Waals surface area contributed by atoms with Crippen molar-refractivity contribution in [1.82, 2.24) is 5.32 Å². The molecule has 49 heavy (non-hydrogen) atoms. The minimum absolute atomic E-state index is 0.0650. The molecule has 0 saturated heterocycles. The van der Waals surface area contributed by atoms with Gasteiger partial charge in [-0.1, -0.05) is 93.4 Å². The van der Waals surface area contributed by atoms with Gasteiger partial charge in [-0.25, -0.2) is 4.79 Å². The molecule has 3 N–H and O–H groups in total. The lowest BCUT2D eigenvalue weighted by Gasteiger charge is -2.61. The first-order valence-electron chi connectivity index (χ1n) is 19.8. The van der Waals surface area contributed by atoms with Crippen LogP contribution in [0.15, 0.2) is 23.3 Å². The number of carbonyl (C=O) groups is 3. The number of aliphatic hydroxyl groups is 1. The molecule has 4 aliphatic carbocycles. The van der Waals surface area contributed by atoms with Crippen LogP contribution in [0.3, 0.4) is 0 Å². The normalized spacial score (nSPS) is 38.1. The van der Waals surface area contributed by atoms with Crippen molar-refractivity contribution in [2.45, 2.75) is 172 Å². The molecule has 0 aromatic heterocycles. The minimum atomic E-state index is -0.968. The van der Waals surface area contributed by atoms with E-state index < -0.39 is 12.0 Å². The third-order valence-corrected chi connectivity index (χ3v) is 15.9. The van der Waals surface area contributed by atoms with Gasteiger partial charge in [0.25, 0.3) is 0 Å². The summed E-state index contributed by atoms with van der Waals surface area (Å²) >= 11 is 0. The SMILES string of the molecule is CCC1(CC)C(CC2(C)CC(C(=O)NC(CC3=CCCCC3C)C(=O)O)CCC2(C)C)=CC(=O)C(C2(C)CCC(O)C(C)CC2C)C1(C)C. The van der Waals surface area contributed by atoms with Crippen molar-refractivity contribution in [3.8, 4) is 0 Å². The van der Waals surface area contributed by atoms with Crippen LogP contribution in [-0.2, 0) is 14.4 Å². The lowest BCUT2D eigenvalue weighted by atomic mass is 9.42. The van der Waals surface area contributed by atoms with E-state index in [1.54, 1.807) is 0 Å². The predicted octanol–water partition coefficient (Wildman–Crippen LogP) is 9.70. The number of carboxylic acid groups (broad SMARTS) is 1. The Balaban J connectivity index is 1.65. The molecule has 2 saturated carbocycles. The first-order chi connectivity index (χ1) is 22.7. The number of carbonyl (C=O) groups excluding carboxylic acids is 2. The molecule has 0 spiro atoms. The van der Waals surface area contributed by atoms with E-state index in [-0.39, 0.29) is 62.6 Å². The molecule has 4 rings (SSSR count). The monoisotopic (exact) mass is 682 g/mol. The Morgan fingerprint density at radius 2 is 1.63 bits per heavy atom. The van der Waals surface area contributed by atoms with Crippen LogP contribution in [0.5, 0.6) is 0 Å². The van der Waals surface area contributed by atoms with Gasteiger partial charge in [-0.3, -0.25) is 9.59 Å². The highest BCUT2D eigenvalue weighted by Gasteiger charge is 2.62. The van der Waals surface area contributed by atoms with Crippen molar-refractivity contribution < 1.29 is 24.6 Å². The molecule has 0 aliphatic heterocycles. The number of hydrogen-bond donors (Lipinski definition) is 3. The van der Waals surface area contributed by atoms with E-state index in [0.717, 1.165) is 76.2 Å². The van der Waals surface area contributed by atoms with Gasteiger partial charge >= 0.3 is 5.97 Å². The molecule has 0 heterocycles. The Kier molecular flexibility index (Phi) is 11.9. The van der Waals surface area contributed by atoms with Gasteiger partial charge in [-0.15, -0.1) is 0 Å². The number of nitrogens with one attached hydrogen (secondary N) is 1. The molecule has 2 fully saturated rings. The van der Waals surface area contributed by atoms with E-state index in [9.17, 15) is 24.6 Å². The van der Waals surface area contributed by atoms with E-state index >= 15 is 0 Å². The summed E-state index contributed by atoms with van der Waals surface area (Å²) in [4.78, 5) is 40.9. The van der Waals surface area contributed by atoms with E-state index in [0.29, 0.717) is 24.7 Å². The van der Waals surface area contributed by atoms with E-state index in [4.69, 9.17) is 0 Å². The molecule has 6 heteroatoms. The summed E-state index contributed by atoms with van der Waals surface area (Å²) in [5, 5.41) is 24.0. The minimum Gasteiger partial charge on any atom is -0.480 e. The van der Waals surface area contributed by atoms with Crippen molar-refractivity contribution in [3.63, 3.8) is 0 Å². The average molecular weight is 682 g/mol. The molecule has 9 unspecified atom stereocenters. The zero-order valence-electron chi connectivity index (χ0n) is 33.0. The second-order valence-corrected chi connectivity index (χ2v) is 19.0. The van der Waals surface area contributed by atoms with Crippen molar-refractivity contribution >= 4 is 17.7 Å². The lowest BCUT2D eigenvalue weighted by molar-refractivity contribution is -0.144. The number of amides is 1. The summed E-state index contributed by atoms with van der Waals surface area (Å²) in [5.41, 5.74) is 1.37. The second-order valence-electron chi connectivity index (χ2n) is 19.0. The number of rotatable bonds is 10. The highest BCUT2D eigenvalue weighted by Crippen LogP contribution is 2.67. The van der Waals surface area contributed by atoms with Crippen molar-refractivity contribution in [2.75, 3.05) is 0 Å². The Morgan fingerprint density at radius 3 is 2.22 bits per heavy atom.